The van der Waals surface area contributed by atoms with Crippen molar-refractivity contribution in [2.24, 2.45) is 5.73 Å². The third-order valence-corrected chi connectivity index (χ3v) is 3.81. The largest absolute Gasteiger partial charge is 0.370 e. The first kappa shape index (κ1) is 15.8. The Morgan fingerprint density at radius 1 is 1.04 bits per heavy atom. The molecule has 0 bridgehead atoms. The zero-order chi connectivity index (χ0) is 16.8. The molecule has 118 valence electrons. The zero-order valence-corrected chi connectivity index (χ0v) is 13.3. The molecule has 0 atom stereocenters. The Kier molecular flexibility index (Phi) is 4.88. The van der Waals surface area contributed by atoms with Crippen molar-refractivity contribution in [3.8, 4) is 11.8 Å². The van der Waals surface area contributed by atoms with Gasteiger partial charge in [-0.1, -0.05) is 48.2 Å². The fourth-order valence-corrected chi connectivity index (χ4v) is 2.57. The lowest BCUT2D eigenvalue weighted by molar-refractivity contribution is -0.117. The van der Waals surface area contributed by atoms with Crippen molar-refractivity contribution in [1.29, 1.82) is 0 Å². The van der Waals surface area contributed by atoms with Gasteiger partial charge in [0.1, 0.15) is 0 Å². The van der Waals surface area contributed by atoms with Gasteiger partial charge in [0.2, 0.25) is 5.91 Å². The van der Waals surface area contributed by atoms with Crippen LogP contribution in [-0.2, 0) is 11.2 Å². The van der Waals surface area contributed by atoms with Gasteiger partial charge in [0, 0.05) is 36.4 Å². The number of hydrogen-bond acceptors (Lipinski definition) is 2. The molecule has 1 heterocycles. The normalized spacial score (nSPS) is 10.2. The summed E-state index contributed by atoms with van der Waals surface area (Å²) in [6, 6.07) is 18.5. The first-order chi connectivity index (χ1) is 11.7. The highest BCUT2D eigenvalue weighted by molar-refractivity contribution is 5.84. The number of rotatable bonds is 4. The van der Waals surface area contributed by atoms with Crippen LogP contribution in [0.15, 0.2) is 60.8 Å². The monoisotopic (exact) mass is 314 g/mol. The van der Waals surface area contributed by atoms with Crippen LogP contribution in [0.3, 0.4) is 0 Å². The van der Waals surface area contributed by atoms with Crippen molar-refractivity contribution in [2.45, 2.75) is 19.3 Å². The lowest BCUT2D eigenvalue weighted by Gasteiger charge is -2.06. The third kappa shape index (κ3) is 3.99. The first-order valence-electron chi connectivity index (χ1n) is 7.91. The summed E-state index contributed by atoms with van der Waals surface area (Å²) in [6.45, 7) is 0. The Hall–Kier alpha value is -3.12. The molecule has 0 aliphatic rings. The summed E-state index contributed by atoms with van der Waals surface area (Å²) in [6.07, 6.45) is 3.45. The van der Waals surface area contributed by atoms with E-state index in [0.29, 0.717) is 12.8 Å². The minimum atomic E-state index is -0.317. The molecule has 2 N–H and O–H groups in total. The van der Waals surface area contributed by atoms with Gasteiger partial charge in [-0.3, -0.25) is 9.78 Å². The van der Waals surface area contributed by atoms with E-state index < -0.39 is 0 Å². The second-order valence-electron chi connectivity index (χ2n) is 5.62. The maximum Gasteiger partial charge on any atom is 0.218 e. The van der Waals surface area contributed by atoms with Gasteiger partial charge in [-0.15, -0.1) is 0 Å². The van der Waals surface area contributed by atoms with Crippen LogP contribution in [-0.4, -0.2) is 10.9 Å². The maximum absolute atomic E-state index is 10.7. The smallest absolute Gasteiger partial charge is 0.218 e. The summed E-state index contributed by atoms with van der Waals surface area (Å²) < 4.78 is 0. The van der Waals surface area contributed by atoms with Crippen LogP contribution in [0.5, 0.6) is 0 Å². The van der Waals surface area contributed by atoms with Crippen LogP contribution >= 0.6 is 0 Å². The van der Waals surface area contributed by atoms with Crippen molar-refractivity contribution >= 4 is 16.7 Å². The molecule has 3 aromatic rings. The number of benzene rings is 2. The van der Waals surface area contributed by atoms with E-state index in [1.165, 1.54) is 16.3 Å². The van der Waals surface area contributed by atoms with Gasteiger partial charge in [0.05, 0.1) is 5.69 Å². The number of carbonyl (C=O) groups excluding carboxylic acids is 1. The molecule has 1 amide bonds. The lowest BCUT2D eigenvalue weighted by atomic mass is 10.0. The van der Waals surface area contributed by atoms with Gasteiger partial charge in [-0.05, 0) is 29.1 Å². The Labute approximate surface area is 141 Å². The van der Waals surface area contributed by atoms with Gasteiger partial charge in [-0.25, -0.2) is 0 Å². The average Bonchev–Trinajstić information content (AvgIpc) is 2.60. The minimum absolute atomic E-state index is 0.303. The summed E-state index contributed by atoms with van der Waals surface area (Å²) in [5.41, 5.74) is 8.30. The van der Waals surface area contributed by atoms with E-state index in [-0.39, 0.29) is 5.91 Å². The first-order valence-corrected chi connectivity index (χ1v) is 7.91. The molecule has 24 heavy (non-hydrogen) atoms. The highest BCUT2D eigenvalue weighted by atomic mass is 16.1. The fourth-order valence-electron chi connectivity index (χ4n) is 2.57. The molecule has 3 nitrogen and oxygen atoms in total. The average molecular weight is 314 g/mol. The number of nitrogens with two attached hydrogens (primary N) is 1. The number of primary amides is 1. The highest BCUT2D eigenvalue weighted by Crippen LogP contribution is 2.19. The van der Waals surface area contributed by atoms with Gasteiger partial charge >= 0.3 is 0 Å². The molecule has 0 saturated carbocycles. The summed E-state index contributed by atoms with van der Waals surface area (Å²) in [5.74, 6) is 5.69. The Morgan fingerprint density at radius 2 is 1.83 bits per heavy atom. The second kappa shape index (κ2) is 7.43. The summed E-state index contributed by atoms with van der Waals surface area (Å²) in [5, 5.41) is 2.40. The molecule has 0 spiro atoms. The molecule has 0 unspecified atom stereocenters. The van der Waals surface area contributed by atoms with E-state index in [4.69, 9.17) is 5.73 Å². The number of pyridine rings is 1. The molecule has 3 rings (SSSR count). The van der Waals surface area contributed by atoms with Gasteiger partial charge in [0.15, 0.2) is 0 Å². The lowest BCUT2D eigenvalue weighted by Crippen LogP contribution is -2.08. The standard InChI is InChI=1S/C21H18N2O/c22-21(24)8-4-1-5-16-9-11-17(12-10-16)15-20-19-7-3-2-6-18(19)13-14-23-20/h2-3,6-7,9-14H,4,8,15H2,(H2,22,24). The van der Waals surface area contributed by atoms with Crippen LogP contribution in [0, 0.1) is 11.8 Å². The number of fused-ring (bicyclic) bond motifs is 1. The molecular formula is C21H18N2O. The molecular weight excluding hydrogens is 296 g/mol. The van der Waals surface area contributed by atoms with Crippen LogP contribution in [0.4, 0.5) is 0 Å². The Morgan fingerprint density at radius 3 is 2.62 bits per heavy atom. The molecule has 0 fully saturated rings. The third-order valence-electron chi connectivity index (χ3n) is 3.81. The second-order valence-corrected chi connectivity index (χ2v) is 5.62. The van der Waals surface area contributed by atoms with Crippen molar-refractivity contribution in [1.82, 2.24) is 4.98 Å². The predicted octanol–water partition coefficient (Wildman–Crippen LogP) is 3.44. The van der Waals surface area contributed by atoms with Gasteiger partial charge < -0.3 is 5.73 Å². The minimum Gasteiger partial charge on any atom is -0.370 e. The van der Waals surface area contributed by atoms with Crippen molar-refractivity contribution in [3.05, 3.63) is 77.6 Å². The molecule has 0 saturated heterocycles. The van der Waals surface area contributed by atoms with Gasteiger partial charge in [-0.2, -0.15) is 0 Å². The van der Waals surface area contributed by atoms with Crippen molar-refractivity contribution in [3.63, 3.8) is 0 Å². The van der Waals surface area contributed by atoms with E-state index in [1.54, 1.807) is 0 Å². The zero-order valence-electron chi connectivity index (χ0n) is 13.3. The molecule has 0 radical (unpaired) electrons. The van der Waals surface area contributed by atoms with Crippen LogP contribution < -0.4 is 5.73 Å². The number of nitrogens with zero attached hydrogens (tertiary/aromatic N) is 1. The molecule has 3 heteroatoms. The topological polar surface area (TPSA) is 56.0 Å². The number of carbonyl (C=O) groups is 1. The van der Waals surface area contributed by atoms with E-state index in [1.807, 2.05) is 36.5 Å². The molecule has 0 aliphatic heterocycles. The number of amides is 1. The SMILES string of the molecule is NC(=O)CCC#Cc1ccc(Cc2nccc3ccccc23)cc1. The highest BCUT2D eigenvalue weighted by Gasteiger charge is 2.03. The number of aromatic nitrogens is 1. The Bertz CT molecular complexity index is 912. The van der Waals surface area contributed by atoms with Crippen LogP contribution in [0.1, 0.15) is 29.7 Å². The van der Waals surface area contributed by atoms with Gasteiger partial charge in [0.25, 0.3) is 0 Å². The fraction of sp³-hybridized carbons (Fsp3) is 0.143. The van der Waals surface area contributed by atoms with Crippen LogP contribution in [0.2, 0.25) is 0 Å². The van der Waals surface area contributed by atoms with Crippen molar-refractivity contribution < 1.29 is 4.79 Å². The summed E-state index contributed by atoms with van der Waals surface area (Å²) in [4.78, 5) is 15.2. The quantitative estimate of drug-likeness (QED) is 0.750. The molecule has 2 aromatic carbocycles. The summed E-state index contributed by atoms with van der Waals surface area (Å²) >= 11 is 0. The van der Waals surface area contributed by atoms with E-state index in [2.05, 4.69) is 41.1 Å². The summed E-state index contributed by atoms with van der Waals surface area (Å²) in [7, 11) is 0. The molecule has 0 aliphatic carbocycles. The predicted molar refractivity (Wildman–Crippen MR) is 96.3 cm³/mol. The molecule has 1 aromatic heterocycles. The number of hydrogen-bond donors (Lipinski definition) is 1. The van der Waals surface area contributed by atoms with E-state index in [0.717, 1.165) is 17.7 Å². The van der Waals surface area contributed by atoms with E-state index >= 15 is 0 Å². The van der Waals surface area contributed by atoms with E-state index in [9.17, 15) is 4.79 Å². The van der Waals surface area contributed by atoms with Crippen LogP contribution in [0.25, 0.3) is 10.8 Å². The maximum atomic E-state index is 10.7. The van der Waals surface area contributed by atoms with Crippen molar-refractivity contribution in [2.75, 3.05) is 0 Å². The Balaban J connectivity index is 1.73.